The first kappa shape index (κ1) is 20.1. The van der Waals surface area contributed by atoms with Crippen molar-refractivity contribution in [3.05, 3.63) is 46.7 Å². The van der Waals surface area contributed by atoms with Gasteiger partial charge in [0.05, 0.1) is 4.88 Å². The summed E-state index contributed by atoms with van der Waals surface area (Å²) in [6.45, 7) is 5.02. The molecule has 3 amide bonds. The van der Waals surface area contributed by atoms with Gasteiger partial charge in [-0.15, -0.1) is 11.3 Å². The van der Waals surface area contributed by atoms with E-state index in [0.717, 1.165) is 0 Å². The Bertz CT molecular complexity index is 840. The lowest BCUT2D eigenvalue weighted by molar-refractivity contribution is -0.137. The zero-order chi connectivity index (χ0) is 20.1. The summed E-state index contributed by atoms with van der Waals surface area (Å²) in [6.07, 6.45) is 1.33. The van der Waals surface area contributed by atoms with Gasteiger partial charge in [-0.1, -0.05) is 26.0 Å². The molecular formula is C21H25N3O3S. The van der Waals surface area contributed by atoms with Crippen molar-refractivity contribution in [2.45, 2.75) is 26.7 Å². The molecule has 1 saturated heterocycles. The van der Waals surface area contributed by atoms with Gasteiger partial charge in [0.2, 0.25) is 11.8 Å². The number of hydrogen-bond acceptors (Lipinski definition) is 4. The van der Waals surface area contributed by atoms with Crippen molar-refractivity contribution in [2.75, 3.05) is 23.7 Å². The van der Waals surface area contributed by atoms with Crippen LogP contribution >= 0.6 is 11.3 Å². The van der Waals surface area contributed by atoms with Crippen LogP contribution in [-0.2, 0) is 9.59 Å². The molecule has 148 valence electrons. The third-order valence-electron chi connectivity index (χ3n) is 4.80. The number of thiophene rings is 1. The topological polar surface area (TPSA) is 78.5 Å². The van der Waals surface area contributed by atoms with Gasteiger partial charge in [0.25, 0.3) is 5.91 Å². The van der Waals surface area contributed by atoms with Crippen LogP contribution in [0.4, 0.5) is 11.4 Å². The van der Waals surface area contributed by atoms with E-state index in [1.54, 1.807) is 30.3 Å². The van der Waals surface area contributed by atoms with Crippen LogP contribution < -0.4 is 10.6 Å². The largest absolute Gasteiger partial charge is 0.342 e. The van der Waals surface area contributed by atoms with E-state index in [9.17, 15) is 14.4 Å². The lowest BCUT2D eigenvalue weighted by atomic mass is 9.95. The average molecular weight is 400 g/mol. The molecule has 7 heteroatoms. The molecule has 0 spiro atoms. The van der Waals surface area contributed by atoms with E-state index >= 15 is 0 Å². The molecule has 2 aromatic rings. The van der Waals surface area contributed by atoms with Gasteiger partial charge in [-0.05, 0) is 42.5 Å². The fraction of sp³-hybridized carbons (Fsp3) is 0.381. The Balaban J connectivity index is 1.55. The summed E-state index contributed by atoms with van der Waals surface area (Å²) in [5.74, 6) is -0.190. The highest BCUT2D eigenvalue weighted by Gasteiger charge is 2.28. The van der Waals surface area contributed by atoms with E-state index in [0.29, 0.717) is 42.2 Å². The fourth-order valence-electron chi connectivity index (χ4n) is 3.25. The molecule has 0 atom stereocenters. The Morgan fingerprint density at radius 1 is 1.04 bits per heavy atom. The number of nitrogens with one attached hydrogen (secondary N) is 2. The lowest BCUT2D eigenvalue weighted by Crippen LogP contribution is -2.43. The molecule has 0 saturated carbocycles. The molecule has 1 aromatic carbocycles. The summed E-state index contributed by atoms with van der Waals surface area (Å²) >= 11 is 1.38. The number of amides is 3. The molecule has 2 heterocycles. The number of nitrogens with zero attached hydrogens (tertiary/aromatic N) is 1. The SMILES string of the molecule is CC(C)C(=O)N1CCC(C(=O)Nc2cccc(NC(=O)c3cccs3)c2)CC1. The maximum atomic E-state index is 12.6. The van der Waals surface area contributed by atoms with Crippen LogP contribution in [-0.4, -0.2) is 35.7 Å². The highest BCUT2D eigenvalue weighted by molar-refractivity contribution is 7.12. The Labute approximate surface area is 168 Å². The van der Waals surface area contributed by atoms with E-state index < -0.39 is 0 Å². The molecular weight excluding hydrogens is 374 g/mol. The van der Waals surface area contributed by atoms with Crippen molar-refractivity contribution in [3.8, 4) is 0 Å². The molecule has 28 heavy (non-hydrogen) atoms. The molecule has 1 aliphatic rings. The quantitative estimate of drug-likeness (QED) is 0.802. The molecule has 0 bridgehead atoms. The van der Waals surface area contributed by atoms with Gasteiger partial charge in [-0.3, -0.25) is 14.4 Å². The van der Waals surface area contributed by atoms with E-state index in [-0.39, 0.29) is 29.6 Å². The van der Waals surface area contributed by atoms with Crippen LogP contribution in [0.5, 0.6) is 0 Å². The molecule has 1 aliphatic heterocycles. The fourth-order valence-corrected chi connectivity index (χ4v) is 3.87. The number of rotatable bonds is 5. The Hall–Kier alpha value is -2.67. The highest BCUT2D eigenvalue weighted by Crippen LogP contribution is 2.22. The second-order valence-electron chi connectivity index (χ2n) is 7.26. The lowest BCUT2D eigenvalue weighted by Gasteiger charge is -2.32. The first-order chi connectivity index (χ1) is 13.4. The summed E-state index contributed by atoms with van der Waals surface area (Å²) in [5, 5.41) is 7.63. The predicted molar refractivity (Wildman–Crippen MR) is 111 cm³/mol. The van der Waals surface area contributed by atoms with Gasteiger partial charge in [-0.25, -0.2) is 0 Å². The van der Waals surface area contributed by atoms with Crippen LogP contribution in [0.3, 0.4) is 0 Å². The number of hydrogen-bond donors (Lipinski definition) is 2. The summed E-state index contributed by atoms with van der Waals surface area (Å²) < 4.78 is 0. The number of anilines is 2. The third-order valence-corrected chi connectivity index (χ3v) is 5.67. The summed E-state index contributed by atoms with van der Waals surface area (Å²) in [7, 11) is 0. The summed E-state index contributed by atoms with van der Waals surface area (Å²) in [6, 6.07) is 10.7. The zero-order valence-corrected chi connectivity index (χ0v) is 16.9. The monoisotopic (exact) mass is 399 g/mol. The summed E-state index contributed by atoms with van der Waals surface area (Å²) in [4.78, 5) is 39.3. The molecule has 0 unspecified atom stereocenters. The van der Waals surface area contributed by atoms with Gasteiger partial charge in [0.1, 0.15) is 0 Å². The second-order valence-corrected chi connectivity index (χ2v) is 8.20. The van der Waals surface area contributed by atoms with Gasteiger partial charge in [0.15, 0.2) is 0 Å². The van der Waals surface area contributed by atoms with Crippen molar-refractivity contribution in [2.24, 2.45) is 11.8 Å². The number of carbonyl (C=O) groups is 3. The van der Waals surface area contributed by atoms with Crippen LogP contribution in [0.1, 0.15) is 36.4 Å². The van der Waals surface area contributed by atoms with E-state index in [1.165, 1.54) is 11.3 Å². The standard InChI is InChI=1S/C21H25N3O3S/c1-14(2)21(27)24-10-8-15(9-11-24)19(25)22-16-5-3-6-17(13-16)23-20(26)18-7-4-12-28-18/h3-7,12-15H,8-11H2,1-2H3,(H,22,25)(H,23,26). The minimum atomic E-state index is -0.166. The minimum absolute atomic E-state index is 0.0162. The maximum Gasteiger partial charge on any atom is 0.265 e. The summed E-state index contributed by atoms with van der Waals surface area (Å²) in [5.41, 5.74) is 1.28. The van der Waals surface area contributed by atoms with Crippen molar-refractivity contribution in [1.82, 2.24) is 4.90 Å². The maximum absolute atomic E-state index is 12.6. The smallest absolute Gasteiger partial charge is 0.265 e. The van der Waals surface area contributed by atoms with Gasteiger partial charge in [-0.2, -0.15) is 0 Å². The van der Waals surface area contributed by atoms with E-state index in [1.807, 2.05) is 30.2 Å². The molecule has 1 fully saturated rings. The molecule has 0 aliphatic carbocycles. The molecule has 2 N–H and O–H groups in total. The van der Waals surface area contributed by atoms with Crippen molar-refractivity contribution < 1.29 is 14.4 Å². The Morgan fingerprint density at radius 2 is 1.71 bits per heavy atom. The van der Waals surface area contributed by atoms with Crippen LogP contribution in [0.2, 0.25) is 0 Å². The van der Waals surface area contributed by atoms with Gasteiger partial charge in [0, 0.05) is 36.3 Å². The number of benzene rings is 1. The third kappa shape index (κ3) is 4.98. The number of likely N-dealkylation sites (tertiary alicyclic amines) is 1. The predicted octanol–water partition coefficient (Wildman–Crippen LogP) is 3.83. The number of piperidine rings is 1. The van der Waals surface area contributed by atoms with Crippen LogP contribution in [0.15, 0.2) is 41.8 Å². The van der Waals surface area contributed by atoms with E-state index in [2.05, 4.69) is 10.6 Å². The molecule has 0 radical (unpaired) electrons. The first-order valence-corrected chi connectivity index (χ1v) is 10.4. The molecule has 6 nitrogen and oxygen atoms in total. The van der Waals surface area contributed by atoms with Gasteiger partial charge < -0.3 is 15.5 Å². The van der Waals surface area contributed by atoms with Crippen molar-refractivity contribution in [3.63, 3.8) is 0 Å². The van der Waals surface area contributed by atoms with E-state index in [4.69, 9.17) is 0 Å². The van der Waals surface area contributed by atoms with Gasteiger partial charge >= 0.3 is 0 Å². The molecule has 1 aromatic heterocycles. The molecule has 3 rings (SSSR count). The normalized spacial score (nSPS) is 14.8. The second kappa shape index (κ2) is 9.01. The van der Waals surface area contributed by atoms with Crippen LogP contribution in [0.25, 0.3) is 0 Å². The minimum Gasteiger partial charge on any atom is -0.342 e. The average Bonchev–Trinajstić information content (AvgIpc) is 3.22. The number of carbonyl (C=O) groups excluding carboxylic acids is 3. The van der Waals surface area contributed by atoms with Crippen LogP contribution in [0, 0.1) is 11.8 Å². The van der Waals surface area contributed by atoms with Crippen molar-refractivity contribution in [1.29, 1.82) is 0 Å². The zero-order valence-electron chi connectivity index (χ0n) is 16.1. The van der Waals surface area contributed by atoms with Crippen molar-refractivity contribution >= 4 is 40.4 Å². The first-order valence-electron chi connectivity index (χ1n) is 9.48. The Kier molecular flexibility index (Phi) is 6.46. The Morgan fingerprint density at radius 3 is 2.32 bits per heavy atom. The highest BCUT2D eigenvalue weighted by atomic mass is 32.1.